The molecule has 0 radical (unpaired) electrons. The number of nitro groups is 1. The highest BCUT2D eigenvalue weighted by Crippen LogP contribution is 2.32. The Morgan fingerprint density at radius 3 is 2.31 bits per heavy atom. The third kappa shape index (κ3) is 3.55. The number of halogens is 1. The fraction of sp³-hybridized carbons (Fsp3) is 0.105. The van der Waals surface area contributed by atoms with E-state index in [1.54, 1.807) is 30.3 Å². The van der Waals surface area contributed by atoms with Gasteiger partial charge in [0.1, 0.15) is 17.1 Å². The fourth-order valence-electron chi connectivity index (χ4n) is 2.75. The summed E-state index contributed by atoms with van der Waals surface area (Å²) in [5.74, 6) is -2.76. The smallest absolute Gasteiger partial charge is 0.357 e. The molecule has 148 valence electrons. The molecule has 0 saturated heterocycles. The lowest BCUT2D eigenvalue weighted by atomic mass is 10.0. The van der Waals surface area contributed by atoms with Gasteiger partial charge in [0.05, 0.1) is 24.8 Å². The largest absolute Gasteiger partial charge is 0.465 e. The second-order valence-corrected chi connectivity index (χ2v) is 5.72. The van der Waals surface area contributed by atoms with Crippen LogP contribution in [0.15, 0.2) is 48.5 Å². The van der Waals surface area contributed by atoms with E-state index < -0.39 is 28.4 Å². The van der Waals surface area contributed by atoms with Crippen LogP contribution in [0.4, 0.5) is 10.1 Å². The van der Waals surface area contributed by atoms with E-state index in [0.29, 0.717) is 5.69 Å². The minimum absolute atomic E-state index is 0.290. The first-order valence-corrected chi connectivity index (χ1v) is 8.18. The average molecular weight is 399 g/mol. The van der Waals surface area contributed by atoms with Crippen LogP contribution in [0, 0.1) is 15.9 Å². The van der Waals surface area contributed by atoms with E-state index in [9.17, 15) is 24.1 Å². The van der Waals surface area contributed by atoms with E-state index in [2.05, 4.69) is 5.10 Å². The van der Waals surface area contributed by atoms with E-state index in [-0.39, 0.29) is 22.5 Å². The molecule has 0 fully saturated rings. The highest BCUT2D eigenvalue weighted by Gasteiger charge is 2.32. The number of nitrogens with zero attached hydrogens (tertiary/aromatic N) is 3. The molecule has 1 aromatic heterocycles. The lowest BCUT2D eigenvalue weighted by molar-refractivity contribution is -0.384. The van der Waals surface area contributed by atoms with Crippen LogP contribution in [-0.4, -0.2) is 40.9 Å². The number of ether oxygens (including phenoxy) is 2. The first-order chi connectivity index (χ1) is 13.9. The quantitative estimate of drug-likeness (QED) is 0.368. The van der Waals surface area contributed by atoms with Gasteiger partial charge in [0.15, 0.2) is 5.69 Å². The first kappa shape index (κ1) is 19.7. The van der Waals surface area contributed by atoms with Crippen molar-refractivity contribution >= 4 is 17.6 Å². The third-order valence-electron chi connectivity index (χ3n) is 4.07. The number of hydrogen-bond acceptors (Lipinski definition) is 7. The lowest BCUT2D eigenvalue weighted by Gasteiger charge is -2.07. The molecule has 0 aliphatic carbocycles. The highest BCUT2D eigenvalue weighted by atomic mass is 19.1. The van der Waals surface area contributed by atoms with Crippen molar-refractivity contribution in [3.63, 3.8) is 0 Å². The summed E-state index contributed by atoms with van der Waals surface area (Å²) in [5, 5.41) is 15.3. The van der Waals surface area contributed by atoms with Crippen LogP contribution in [0.3, 0.4) is 0 Å². The molecule has 0 amide bonds. The summed E-state index contributed by atoms with van der Waals surface area (Å²) >= 11 is 0. The van der Waals surface area contributed by atoms with Gasteiger partial charge in [-0.2, -0.15) is 5.10 Å². The second-order valence-electron chi connectivity index (χ2n) is 5.72. The summed E-state index contributed by atoms with van der Waals surface area (Å²) in [7, 11) is 2.19. The second kappa shape index (κ2) is 7.89. The van der Waals surface area contributed by atoms with E-state index in [4.69, 9.17) is 9.47 Å². The number of esters is 2. The van der Waals surface area contributed by atoms with Gasteiger partial charge in [-0.1, -0.05) is 18.2 Å². The van der Waals surface area contributed by atoms with Gasteiger partial charge in [0, 0.05) is 17.7 Å². The van der Waals surface area contributed by atoms with Crippen molar-refractivity contribution in [2.45, 2.75) is 0 Å². The predicted octanol–water partition coefficient (Wildman–Crippen LogP) is 3.16. The Bertz CT molecular complexity index is 1110. The average Bonchev–Trinajstić information content (AvgIpc) is 3.13. The zero-order valence-electron chi connectivity index (χ0n) is 15.3. The van der Waals surface area contributed by atoms with E-state index in [1.165, 1.54) is 0 Å². The van der Waals surface area contributed by atoms with E-state index >= 15 is 0 Å². The maximum Gasteiger partial charge on any atom is 0.357 e. The number of para-hydroxylation sites is 1. The summed E-state index contributed by atoms with van der Waals surface area (Å²) in [6, 6.07) is 11.1. The molecule has 0 N–H and O–H groups in total. The maximum atomic E-state index is 14.6. The lowest BCUT2D eigenvalue weighted by Crippen LogP contribution is -2.15. The number of benzene rings is 2. The molecule has 0 aliphatic rings. The van der Waals surface area contributed by atoms with Crippen molar-refractivity contribution in [3.05, 3.63) is 75.7 Å². The molecule has 9 nitrogen and oxygen atoms in total. The van der Waals surface area contributed by atoms with Gasteiger partial charge >= 0.3 is 11.9 Å². The summed E-state index contributed by atoms with van der Waals surface area (Å²) in [4.78, 5) is 35.3. The molecule has 3 rings (SSSR count). The molecule has 2 aromatic carbocycles. The van der Waals surface area contributed by atoms with Crippen molar-refractivity contribution in [2.24, 2.45) is 0 Å². The molecule has 0 spiro atoms. The Morgan fingerprint density at radius 2 is 1.72 bits per heavy atom. The van der Waals surface area contributed by atoms with Gasteiger partial charge in [-0.15, -0.1) is 0 Å². The zero-order chi connectivity index (χ0) is 21.1. The summed E-state index contributed by atoms with van der Waals surface area (Å²) in [5.41, 5.74) is -1.32. The van der Waals surface area contributed by atoms with E-state index in [0.717, 1.165) is 37.1 Å². The normalized spacial score (nSPS) is 10.4. The molecular weight excluding hydrogens is 385 g/mol. The Hall–Kier alpha value is -4.08. The SMILES string of the molecule is COC(=O)c1c(-c2cc([N+](=O)[O-])ccc2F)nn(-c2ccccc2)c1C(=O)OC. The van der Waals surface area contributed by atoms with Crippen LogP contribution in [0.5, 0.6) is 0 Å². The topological polar surface area (TPSA) is 114 Å². The summed E-state index contributed by atoms with van der Waals surface area (Å²) in [6.07, 6.45) is 0. The number of methoxy groups -OCH3 is 2. The van der Waals surface area contributed by atoms with Gasteiger partial charge in [0.25, 0.3) is 5.69 Å². The molecule has 0 unspecified atom stereocenters. The van der Waals surface area contributed by atoms with Crippen LogP contribution in [0.2, 0.25) is 0 Å². The first-order valence-electron chi connectivity index (χ1n) is 8.18. The van der Waals surface area contributed by atoms with Crippen LogP contribution >= 0.6 is 0 Å². The van der Waals surface area contributed by atoms with Crippen LogP contribution in [0.1, 0.15) is 20.8 Å². The maximum absolute atomic E-state index is 14.6. The van der Waals surface area contributed by atoms with Crippen molar-refractivity contribution < 1.29 is 28.4 Å². The van der Waals surface area contributed by atoms with Crippen molar-refractivity contribution in [2.75, 3.05) is 14.2 Å². The van der Waals surface area contributed by atoms with E-state index in [1.807, 2.05) is 0 Å². The molecule has 0 aliphatic heterocycles. The summed E-state index contributed by atoms with van der Waals surface area (Å²) in [6.45, 7) is 0. The molecule has 0 saturated carbocycles. The molecule has 10 heteroatoms. The van der Waals surface area contributed by atoms with Crippen molar-refractivity contribution in [3.8, 4) is 16.9 Å². The number of carbonyl (C=O) groups is 2. The Morgan fingerprint density at radius 1 is 1.07 bits per heavy atom. The predicted molar refractivity (Wildman–Crippen MR) is 98.3 cm³/mol. The van der Waals surface area contributed by atoms with Crippen LogP contribution < -0.4 is 0 Å². The third-order valence-corrected chi connectivity index (χ3v) is 4.07. The number of carbonyl (C=O) groups excluding carboxylic acids is 2. The monoisotopic (exact) mass is 399 g/mol. The molecule has 1 heterocycles. The molecule has 3 aromatic rings. The minimum atomic E-state index is -0.978. The zero-order valence-corrected chi connectivity index (χ0v) is 15.3. The van der Waals surface area contributed by atoms with Crippen molar-refractivity contribution in [1.82, 2.24) is 9.78 Å². The Kier molecular flexibility index (Phi) is 5.35. The van der Waals surface area contributed by atoms with Crippen molar-refractivity contribution in [1.29, 1.82) is 0 Å². The number of non-ortho nitro benzene ring substituents is 1. The number of hydrogen-bond donors (Lipinski definition) is 0. The molecular formula is C19H14FN3O6. The fourth-order valence-corrected chi connectivity index (χ4v) is 2.75. The highest BCUT2D eigenvalue weighted by molar-refractivity contribution is 6.07. The standard InChI is InChI=1S/C19H14FN3O6/c1-28-18(24)15-16(13-10-12(23(26)27)8-9-14(13)20)21-22(17(15)19(25)29-2)11-6-4-3-5-7-11/h3-10H,1-2H3. The number of nitro benzene ring substituents is 1. The van der Waals surface area contributed by atoms with Crippen LogP contribution in [0.25, 0.3) is 16.9 Å². The molecule has 29 heavy (non-hydrogen) atoms. The molecule has 0 bridgehead atoms. The van der Waals surface area contributed by atoms with Gasteiger partial charge < -0.3 is 9.47 Å². The number of rotatable bonds is 5. The number of aromatic nitrogens is 2. The van der Waals surface area contributed by atoms with Gasteiger partial charge in [-0.3, -0.25) is 10.1 Å². The van der Waals surface area contributed by atoms with Gasteiger partial charge in [-0.05, 0) is 18.2 Å². The minimum Gasteiger partial charge on any atom is -0.465 e. The summed E-state index contributed by atoms with van der Waals surface area (Å²) < 4.78 is 25.2. The molecule has 0 atom stereocenters. The Labute approximate surface area is 163 Å². The van der Waals surface area contributed by atoms with Gasteiger partial charge in [0.2, 0.25) is 0 Å². The van der Waals surface area contributed by atoms with Gasteiger partial charge in [-0.25, -0.2) is 18.7 Å². The van der Waals surface area contributed by atoms with Crippen LogP contribution in [-0.2, 0) is 9.47 Å². The Balaban J connectivity index is 2.40.